The van der Waals surface area contributed by atoms with E-state index in [4.69, 9.17) is 34.8 Å². The van der Waals surface area contributed by atoms with E-state index in [-0.39, 0.29) is 5.62 Å². The molecule has 0 heterocycles. The van der Waals surface area contributed by atoms with Gasteiger partial charge in [-0.25, -0.2) is 4.67 Å². The molecule has 1 atom stereocenters. The highest BCUT2D eigenvalue weighted by Crippen LogP contribution is 2.45. The van der Waals surface area contributed by atoms with Crippen molar-refractivity contribution in [3.8, 4) is 0 Å². The minimum absolute atomic E-state index is 0.290. The fourth-order valence-electron chi connectivity index (χ4n) is 3.57. The summed E-state index contributed by atoms with van der Waals surface area (Å²) < 4.78 is 12.6. The smallest absolute Gasteiger partial charge is 0.284 e. The van der Waals surface area contributed by atoms with Crippen LogP contribution in [0.2, 0.25) is 0 Å². The second-order valence-electron chi connectivity index (χ2n) is 6.95. The van der Waals surface area contributed by atoms with Gasteiger partial charge in [0.2, 0.25) is 0 Å². The molecule has 2 fully saturated rings. The largest absolute Gasteiger partial charge is 0.332 e. The molecule has 0 saturated heterocycles. The third-order valence-electron chi connectivity index (χ3n) is 4.96. The topological polar surface area (TPSA) is 52.6 Å². The molecule has 8 heteroatoms. The average Bonchev–Trinajstić information content (AvgIpc) is 2.64. The third kappa shape index (κ3) is 10.2. The van der Waals surface area contributed by atoms with Gasteiger partial charge < -0.3 is 10.2 Å². The quantitative estimate of drug-likeness (QED) is 0.396. The first kappa shape index (κ1) is 24.0. The van der Waals surface area contributed by atoms with Crippen molar-refractivity contribution in [3.05, 3.63) is 0 Å². The minimum atomic E-state index is -3.39. The summed E-state index contributed by atoms with van der Waals surface area (Å²) in [6, 6.07) is 1.74. The van der Waals surface area contributed by atoms with Crippen molar-refractivity contribution in [2.45, 2.75) is 76.3 Å². The Morgan fingerprint density at radius 2 is 1.24 bits per heavy atom. The molecular weight excluding hydrogens is 402 g/mol. The van der Waals surface area contributed by atoms with Crippen molar-refractivity contribution >= 4 is 42.3 Å². The van der Waals surface area contributed by atoms with E-state index in [1.807, 2.05) is 0 Å². The number of hydrogen-bond acceptors (Lipinski definition) is 2. The molecular formula is C17H34Cl3N2O2P. The van der Waals surface area contributed by atoms with Crippen LogP contribution in [-0.2, 0) is 4.57 Å². The van der Waals surface area contributed by atoms with Crippen LogP contribution in [0.15, 0.2) is 0 Å². The summed E-state index contributed by atoms with van der Waals surface area (Å²) in [6.07, 6.45) is 14.6. The van der Waals surface area contributed by atoms with Crippen molar-refractivity contribution in [3.63, 3.8) is 0 Å². The normalized spacial score (nSPS) is 22.3. The van der Waals surface area contributed by atoms with Gasteiger partial charge in [-0.1, -0.05) is 38.5 Å². The Hall–Kier alpha value is 0.980. The molecule has 0 spiro atoms. The van der Waals surface area contributed by atoms with E-state index in [1.54, 1.807) is 0 Å². The van der Waals surface area contributed by atoms with Gasteiger partial charge in [0.05, 0.1) is 0 Å². The predicted octanol–water partition coefficient (Wildman–Crippen LogP) is 5.39. The van der Waals surface area contributed by atoms with Gasteiger partial charge >= 0.3 is 0 Å². The van der Waals surface area contributed by atoms with Crippen LogP contribution < -0.4 is 5.32 Å². The Balaban J connectivity index is 0.000000252. The molecule has 150 valence electrons. The van der Waals surface area contributed by atoms with Gasteiger partial charge in [-0.05, 0) is 25.7 Å². The number of halogens is 3. The Morgan fingerprint density at radius 1 is 0.840 bits per heavy atom. The molecule has 0 bridgehead atoms. The second-order valence-corrected chi connectivity index (χ2v) is 10.6. The zero-order chi connectivity index (χ0) is 18.5. The van der Waals surface area contributed by atoms with Gasteiger partial charge in [0.15, 0.2) is 0 Å². The predicted molar refractivity (Wildman–Crippen MR) is 110 cm³/mol. The highest BCUT2D eigenvalue weighted by Gasteiger charge is 2.25. The van der Waals surface area contributed by atoms with Crippen molar-refractivity contribution in [1.29, 1.82) is 0 Å². The third-order valence-corrected chi connectivity index (χ3v) is 7.83. The molecule has 0 aromatic carbocycles. The first-order valence-electron chi connectivity index (χ1n) is 9.54. The lowest BCUT2D eigenvalue weighted by Crippen LogP contribution is -2.40. The maximum atomic E-state index is 11.3. The van der Waals surface area contributed by atoms with Crippen molar-refractivity contribution in [2.75, 3.05) is 30.5 Å². The summed E-state index contributed by atoms with van der Waals surface area (Å²) in [5.41, 5.74) is -0.291. The average molecular weight is 436 g/mol. The summed E-state index contributed by atoms with van der Waals surface area (Å²) in [6.45, 7) is 0.656. The summed E-state index contributed by atoms with van der Waals surface area (Å²) in [5.74, 6) is 0.580. The first-order chi connectivity index (χ1) is 12.0. The molecule has 2 saturated carbocycles. The number of nitrogens with one attached hydrogen (secondary N) is 1. The van der Waals surface area contributed by atoms with E-state index in [0.717, 1.165) is 12.1 Å². The summed E-state index contributed by atoms with van der Waals surface area (Å²) >= 11 is 16.2. The highest BCUT2D eigenvalue weighted by molar-refractivity contribution is 7.57. The zero-order valence-electron chi connectivity index (χ0n) is 15.1. The molecule has 0 radical (unpaired) electrons. The molecule has 0 amide bonds. The van der Waals surface area contributed by atoms with E-state index in [0.29, 0.717) is 24.8 Å². The lowest BCUT2D eigenvalue weighted by molar-refractivity contribution is 0.291. The van der Waals surface area contributed by atoms with E-state index in [2.05, 4.69) is 5.32 Å². The van der Waals surface area contributed by atoms with Crippen molar-refractivity contribution in [2.24, 2.45) is 0 Å². The van der Waals surface area contributed by atoms with Gasteiger partial charge in [-0.3, -0.25) is 4.57 Å². The lowest BCUT2D eigenvalue weighted by Gasteiger charge is -2.30. The van der Waals surface area contributed by atoms with Crippen LogP contribution >= 0.6 is 42.3 Å². The standard InChI is InChI=1S/C12H23N.C5H11Cl3NO2P/c1-3-7-11(8-4-1)13-12-9-5-2-6-10-12;6-1-3-9(4-2-7)12(10,11)5-8/h11-13H,1-10H2;1-5H2,(H,10,11). The molecule has 2 aliphatic carbocycles. The maximum Gasteiger partial charge on any atom is 0.284 e. The van der Waals surface area contributed by atoms with Gasteiger partial charge in [0.25, 0.3) is 7.52 Å². The molecule has 4 nitrogen and oxygen atoms in total. The molecule has 2 aliphatic rings. The van der Waals surface area contributed by atoms with Gasteiger partial charge in [0, 0.05) is 36.9 Å². The SMILES string of the molecule is C1CCC(NC2CCCCC2)CC1.O=P(O)(CCl)N(CCCl)CCCl. The molecule has 25 heavy (non-hydrogen) atoms. The maximum absolute atomic E-state index is 11.3. The van der Waals surface area contributed by atoms with E-state index < -0.39 is 7.52 Å². The monoisotopic (exact) mass is 434 g/mol. The van der Waals surface area contributed by atoms with Crippen molar-refractivity contribution in [1.82, 2.24) is 9.99 Å². The summed E-state index contributed by atoms with van der Waals surface area (Å²) in [4.78, 5) is 9.28. The van der Waals surface area contributed by atoms with Crippen LogP contribution in [-0.4, -0.2) is 52.1 Å². The molecule has 1 unspecified atom stereocenters. The van der Waals surface area contributed by atoms with Crippen LogP contribution in [0.1, 0.15) is 64.2 Å². The van der Waals surface area contributed by atoms with Crippen LogP contribution in [0.3, 0.4) is 0 Å². The van der Waals surface area contributed by atoms with E-state index in [1.165, 1.54) is 68.9 Å². The Kier molecular flexibility index (Phi) is 13.5. The zero-order valence-corrected chi connectivity index (χ0v) is 18.3. The van der Waals surface area contributed by atoms with Crippen LogP contribution in [0.5, 0.6) is 0 Å². The molecule has 2 N–H and O–H groups in total. The van der Waals surface area contributed by atoms with Crippen LogP contribution in [0.25, 0.3) is 0 Å². The Labute approximate surface area is 168 Å². The lowest BCUT2D eigenvalue weighted by atomic mass is 9.91. The van der Waals surface area contributed by atoms with Crippen molar-refractivity contribution < 1.29 is 9.46 Å². The van der Waals surface area contributed by atoms with Gasteiger partial charge in [0.1, 0.15) is 5.62 Å². The second kappa shape index (κ2) is 14.0. The van der Waals surface area contributed by atoms with Crippen LogP contribution in [0.4, 0.5) is 0 Å². The molecule has 0 aliphatic heterocycles. The van der Waals surface area contributed by atoms with Gasteiger partial charge in [-0.2, -0.15) is 0 Å². The summed E-state index contributed by atoms with van der Waals surface area (Å²) in [7, 11) is -3.39. The van der Waals surface area contributed by atoms with Gasteiger partial charge in [-0.15, -0.1) is 34.8 Å². The number of nitrogens with zero attached hydrogens (tertiary/aromatic N) is 1. The van der Waals surface area contributed by atoms with E-state index >= 15 is 0 Å². The number of hydrogen-bond donors (Lipinski definition) is 2. The first-order valence-corrected chi connectivity index (χ1v) is 12.9. The number of alkyl halides is 3. The molecule has 0 aromatic rings. The molecule has 0 aromatic heterocycles. The number of rotatable bonds is 8. The Morgan fingerprint density at radius 3 is 1.56 bits per heavy atom. The Bertz CT molecular complexity index is 357. The fourth-order valence-corrected chi connectivity index (χ4v) is 5.64. The molecule has 2 rings (SSSR count). The fraction of sp³-hybridized carbons (Fsp3) is 1.00. The van der Waals surface area contributed by atoms with E-state index in [9.17, 15) is 9.46 Å². The van der Waals surface area contributed by atoms with Crippen LogP contribution in [0, 0.1) is 0 Å². The summed E-state index contributed by atoms with van der Waals surface area (Å²) in [5, 5.41) is 3.86. The minimum Gasteiger partial charge on any atom is -0.332 e. The highest BCUT2D eigenvalue weighted by atomic mass is 35.5.